The van der Waals surface area contributed by atoms with E-state index in [-0.39, 0.29) is 23.4 Å². The minimum absolute atomic E-state index is 0.0567. The van der Waals surface area contributed by atoms with E-state index in [1.807, 2.05) is 0 Å². The van der Waals surface area contributed by atoms with Gasteiger partial charge in [-0.1, -0.05) is 26.8 Å². The predicted molar refractivity (Wildman–Crippen MR) is 98.0 cm³/mol. The molecule has 1 fully saturated rings. The number of hydrogen-bond acceptors (Lipinski definition) is 2. The Kier molecular flexibility index (Phi) is 6.89. The van der Waals surface area contributed by atoms with Gasteiger partial charge in [-0.2, -0.15) is 13.2 Å². The topological polar surface area (TPSA) is 58.2 Å². The van der Waals surface area contributed by atoms with Gasteiger partial charge < -0.3 is 10.6 Å². The standard InChI is InChI=1S/C20H27F3N2O2/c1-12(2)17(25-18(26)14-9-7-13(3)8-10-14)19(27)24-16-6-4-5-15(11-16)20(21,22)23/h4-6,11-14,17H,7-10H2,1-3H3,(H,24,27)(H,25,26)/t13?,14?,17-/m1/s1. The highest BCUT2D eigenvalue weighted by Gasteiger charge is 2.32. The van der Waals surface area contributed by atoms with Gasteiger partial charge in [-0.25, -0.2) is 0 Å². The summed E-state index contributed by atoms with van der Waals surface area (Å²) in [5.74, 6) is -0.355. The van der Waals surface area contributed by atoms with Crippen molar-refractivity contribution in [3.63, 3.8) is 0 Å². The summed E-state index contributed by atoms with van der Waals surface area (Å²) in [6.45, 7) is 5.74. The number of halogens is 3. The zero-order chi connectivity index (χ0) is 20.2. The van der Waals surface area contributed by atoms with Crippen LogP contribution in [0.3, 0.4) is 0 Å². The van der Waals surface area contributed by atoms with E-state index >= 15 is 0 Å². The molecule has 0 radical (unpaired) electrons. The average molecular weight is 384 g/mol. The van der Waals surface area contributed by atoms with Crippen LogP contribution < -0.4 is 10.6 Å². The van der Waals surface area contributed by atoms with Crippen molar-refractivity contribution in [2.24, 2.45) is 17.8 Å². The Labute approximate surface area is 157 Å². The number of amides is 2. The summed E-state index contributed by atoms with van der Waals surface area (Å²) in [6.07, 6.45) is -0.910. The summed E-state index contributed by atoms with van der Waals surface area (Å²) in [5.41, 5.74) is -0.775. The van der Waals surface area contributed by atoms with Crippen molar-refractivity contribution in [1.29, 1.82) is 0 Å². The van der Waals surface area contributed by atoms with Crippen molar-refractivity contribution in [1.82, 2.24) is 5.32 Å². The number of anilines is 1. The highest BCUT2D eigenvalue weighted by atomic mass is 19.4. The maximum atomic E-state index is 12.8. The van der Waals surface area contributed by atoms with Crippen molar-refractivity contribution < 1.29 is 22.8 Å². The Morgan fingerprint density at radius 1 is 1.11 bits per heavy atom. The van der Waals surface area contributed by atoms with Crippen LogP contribution in [0, 0.1) is 17.8 Å². The van der Waals surface area contributed by atoms with Crippen LogP contribution in [-0.4, -0.2) is 17.9 Å². The van der Waals surface area contributed by atoms with Gasteiger partial charge in [0, 0.05) is 11.6 Å². The minimum atomic E-state index is -4.48. The van der Waals surface area contributed by atoms with Crippen LogP contribution in [0.4, 0.5) is 18.9 Å². The van der Waals surface area contributed by atoms with E-state index in [2.05, 4.69) is 17.6 Å². The van der Waals surface area contributed by atoms with Crippen LogP contribution in [-0.2, 0) is 15.8 Å². The van der Waals surface area contributed by atoms with E-state index in [4.69, 9.17) is 0 Å². The van der Waals surface area contributed by atoms with Crippen LogP contribution in [0.25, 0.3) is 0 Å². The molecular weight excluding hydrogens is 357 g/mol. The maximum Gasteiger partial charge on any atom is 0.416 e. The number of benzene rings is 1. The van der Waals surface area contributed by atoms with Gasteiger partial charge in [0.15, 0.2) is 0 Å². The van der Waals surface area contributed by atoms with E-state index < -0.39 is 23.7 Å². The number of rotatable bonds is 5. The zero-order valence-corrected chi connectivity index (χ0v) is 15.9. The average Bonchev–Trinajstić information content (AvgIpc) is 2.59. The second kappa shape index (κ2) is 8.76. The molecule has 1 aliphatic carbocycles. The molecule has 1 aromatic carbocycles. The second-order valence-electron chi connectivity index (χ2n) is 7.75. The van der Waals surface area contributed by atoms with E-state index in [0.29, 0.717) is 5.92 Å². The van der Waals surface area contributed by atoms with Gasteiger partial charge >= 0.3 is 6.18 Å². The summed E-state index contributed by atoms with van der Waals surface area (Å²) in [5, 5.41) is 5.29. The third-order valence-electron chi connectivity index (χ3n) is 5.09. The molecule has 7 heteroatoms. The highest BCUT2D eigenvalue weighted by Crippen LogP contribution is 2.31. The number of nitrogens with one attached hydrogen (secondary N) is 2. The van der Waals surface area contributed by atoms with Gasteiger partial charge in [-0.15, -0.1) is 0 Å². The highest BCUT2D eigenvalue weighted by molar-refractivity contribution is 5.97. The molecule has 0 heterocycles. The molecule has 1 atom stereocenters. The van der Waals surface area contributed by atoms with E-state index in [0.717, 1.165) is 37.8 Å². The molecule has 150 valence electrons. The van der Waals surface area contributed by atoms with Crippen LogP contribution in [0.2, 0.25) is 0 Å². The first-order valence-electron chi connectivity index (χ1n) is 9.36. The fourth-order valence-corrected chi connectivity index (χ4v) is 3.32. The Hall–Kier alpha value is -2.05. The molecule has 2 amide bonds. The van der Waals surface area contributed by atoms with Crippen LogP contribution >= 0.6 is 0 Å². The summed E-state index contributed by atoms with van der Waals surface area (Å²) in [7, 11) is 0. The fraction of sp³-hybridized carbons (Fsp3) is 0.600. The monoisotopic (exact) mass is 384 g/mol. The molecule has 27 heavy (non-hydrogen) atoms. The van der Waals surface area contributed by atoms with Gasteiger partial charge in [0.2, 0.25) is 11.8 Å². The normalized spacial score (nSPS) is 21.6. The SMILES string of the molecule is CC1CCC(C(=O)N[C@@H](C(=O)Nc2cccc(C(F)(F)F)c2)C(C)C)CC1. The summed E-state index contributed by atoms with van der Waals surface area (Å²) in [6, 6.07) is 3.67. The number of alkyl halides is 3. The number of carbonyl (C=O) groups excluding carboxylic acids is 2. The largest absolute Gasteiger partial charge is 0.416 e. The minimum Gasteiger partial charge on any atom is -0.344 e. The first-order valence-corrected chi connectivity index (χ1v) is 9.36. The Bertz CT molecular complexity index is 665. The number of carbonyl (C=O) groups is 2. The number of hydrogen-bond donors (Lipinski definition) is 2. The first kappa shape index (κ1) is 21.3. The van der Waals surface area contributed by atoms with Gasteiger partial charge in [0.1, 0.15) is 6.04 Å². The van der Waals surface area contributed by atoms with Crippen molar-refractivity contribution in [2.75, 3.05) is 5.32 Å². The third-order valence-corrected chi connectivity index (χ3v) is 5.09. The molecule has 0 unspecified atom stereocenters. The van der Waals surface area contributed by atoms with E-state index in [1.165, 1.54) is 12.1 Å². The van der Waals surface area contributed by atoms with Crippen molar-refractivity contribution >= 4 is 17.5 Å². The molecule has 2 N–H and O–H groups in total. The predicted octanol–water partition coefficient (Wildman–Crippen LogP) is 4.61. The lowest BCUT2D eigenvalue weighted by Gasteiger charge is -2.28. The molecule has 2 rings (SSSR count). The molecule has 1 aromatic rings. The van der Waals surface area contributed by atoms with Crippen LogP contribution in [0.15, 0.2) is 24.3 Å². The summed E-state index contributed by atoms with van der Waals surface area (Å²) < 4.78 is 38.5. The molecule has 0 saturated heterocycles. The molecule has 0 bridgehead atoms. The molecular formula is C20H27F3N2O2. The lowest BCUT2D eigenvalue weighted by Crippen LogP contribution is -2.49. The molecule has 0 aromatic heterocycles. The molecule has 4 nitrogen and oxygen atoms in total. The summed E-state index contributed by atoms with van der Waals surface area (Å²) in [4.78, 5) is 25.1. The molecule has 1 aliphatic rings. The van der Waals surface area contributed by atoms with Gasteiger partial charge in [-0.05, 0) is 55.7 Å². The molecule has 0 spiro atoms. The zero-order valence-electron chi connectivity index (χ0n) is 15.9. The van der Waals surface area contributed by atoms with Crippen molar-refractivity contribution in [3.8, 4) is 0 Å². The fourth-order valence-electron chi connectivity index (χ4n) is 3.32. The Morgan fingerprint density at radius 3 is 2.30 bits per heavy atom. The van der Waals surface area contributed by atoms with E-state index in [1.54, 1.807) is 13.8 Å². The molecule has 0 aliphatic heterocycles. The Morgan fingerprint density at radius 2 is 1.74 bits per heavy atom. The van der Waals surface area contributed by atoms with E-state index in [9.17, 15) is 22.8 Å². The smallest absolute Gasteiger partial charge is 0.344 e. The first-order chi connectivity index (χ1) is 12.6. The van der Waals surface area contributed by atoms with Gasteiger partial charge in [0.05, 0.1) is 5.56 Å². The van der Waals surface area contributed by atoms with Gasteiger partial charge in [0.25, 0.3) is 0 Å². The third kappa shape index (κ3) is 5.97. The maximum absolute atomic E-state index is 12.8. The lowest BCUT2D eigenvalue weighted by molar-refractivity contribution is -0.137. The van der Waals surface area contributed by atoms with Crippen LogP contribution in [0.5, 0.6) is 0 Å². The van der Waals surface area contributed by atoms with Crippen molar-refractivity contribution in [3.05, 3.63) is 29.8 Å². The molecule has 1 saturated carbocycles. The lowest BCUT2D eigenvalue weighted by atomic mass is 9.82. The summed E-state index contributed by atoms with van der Waals surface area (Å²) >= 11 is 0. The van der Waals surface area contributed by atoms with Gasteiger partial charge in [-0.3, -0.25) is 9.59 Å². The Balaban J connectivity index is 2.04. The second-order valence-corrected chi connectivity index (χ2v) is 7.75. The van der Waals surface area contributed by atoms with Crippen molar-refractivity contribution in [2.45, 2.75) is 58.7 Å². The quantitative estimate of drug-likeness (QED) is 0.779. The van der Waals surface area contributed by atoms with Crippen LogP contribution in [0.1, 0.15) is 52.0 Å².